The molecule has 450 valence electrons. The van der Waals surface area contributed by atoms with E-state index in [1.165, 1.54) is 0 Å². The lowest BCUT2D eigenvalue weighted by molar-refractivity contribution is 0.616. The molecule has 8 aromatic heterocycles. The maximum Gasteiger partial charge on any atom is 0.227 e. The molecule has 0 aliphatic heterocycles. The summed E-state index contributed by atoms with van der Waals surface area (Å²) in [4.78, 5) is 40.9. The van der Waals surface area contributed by atoms with Crippen LogP contribution >= 0.6 is 45.3 Å². The lowest BCUT2D eigenvalue weighted by Crippen LogP contribution is -1.89. The molecular weight excluding hydrogens is 1270 g/mol. The highest BCUT2D eigenvalue weighted by Gasteiger charge is 2.23. The van der Waals surface area contributed by atoms with Gasteiger partial charge in [0.15, 0.2) is 22.3 Å². The zero-order valence-electron chi connectivity index (χ0n) is 50.1. The quantitative estimate of drug-likeness (QED) is 0.121. The minimum atomic E-state index is 0.432. The average molecular weight is 1310 g/mol. The summed E-state index contributed by atoms with van der Waals surface area (Å²) in [5.41, 5.74) is 22.3. The molecule has 0 radical (unpaired) electrons. The Morgan fingerprint density at radius 1 is 0.177 bits per heavy atom. The van der Waals surface area contributed by atoms with Crippen molar-refractivity contribution in [1.82, 2.24) is 39.9 Å². The molecule has 0 unspecified atom stereocenters. The molecule has 20 rings (SSSR count). The third kappa shape index (κ3) is 9.68. The van der Waals surface area contributed by atoms with Gasteiger partial charge in [0.05, 0.1) is 40.9 Å². The summed E-state index contributed by atoms with van der Waals surface area (Å²) in [6.07, 6.45) is 0. The van der Waals surface area contributed by atoms with Crippen molar-refractivity contribution in [2.75, 3.05) is 0 Å². The predicted octanol–water partition coefficient (Wildman–Crippen LogP) is 23.0. The fraction of sp³-hybridized carbons (Fsp3) is 0. The second-order valence-corrected chi connectivity index (χ2v) is 27.6. The van der Waals surface area contributed by atoms with Crippen LogP contribution in [0.15, 0.2) is 272 Å². The monoisotopic (exact) mass is 1310 g/mol. The molecule has 16 heteroatoms. The van der Waals surface area contributed by atoms with Crippen molar-refractivity contribution in [3.63, 3.8) is 0 Å². The Morgan fingerprint density at radius 3 is 0.823 bits per heavy atom. The molecule has 12 nitrogen and oxygen atoms in total. The second kappa shape index (κ2) is 21.8. The van der Waals surface area contributed by atoms with Gasteiger partial charge in [0.1, 0.15) is 42.1 Å². The average Bonchev–Trinajstić information content (AvgIpc) is 1.52. The zero-order valence-corrected chi connectivity index (χ0v) is 53.4. The number of benzene rings is 12. The van der Waals surface area contributed by atoms with E-state index in [1.54, 1.807) is 45.3 Å². The van der Waals surface area contributed by atoms with Gasteiger partial charge in [-0.1, -0.05) is 84.9 Å². The maximum atomic E-state index is 6.72. The molecule has 8 heterocycles. The van der Waals surface area contributed by atoms with Crippen LogP contribution in [0.3, 0.4) is 0 Å². The van der Waals surface area contributed by atoms with Crippen LogP contribution < -0.4 is 0 Å². The Balaban J connectivity index is 0.683. The first-order chi connectivity index (χ1) is 47.4. The summed E-state index contributed by atoms with van der Waals surface area (Å²) in [6, 6.07) is 86.7. The molecule has 0 atom stereocenters. The number of para-hydroxylation sites is 9. The minimum Gasteiger partial charge on any atom is -0.436 e. The summed E-state index contributed by atoms with van der Waals surface area (Å²) in [5.74, 6) is 1.82. The van der Waals surface area contributed by atoms with Crippen molar-refractivity contribution in [1.29, 1.82) is 0 Å². The highest BCUT2D eigenvalue weighted by atomic mass is 32.1. The fourth-order valence-corrected chi connectivity index (χ4v) is 16.4. The molecule has 96 heavy (non-hydrogen) atoms. The van der Waals surface area contributed by atoms with Crippen LogP contribution in [0.5, 0.6) is 0 Å². The van der Waals surface area contributed by atoms with Crippen LogP contribution in [0, 0.1) is 0 Å². The number of nitrogens with zero attached hydrogens (tertiary/aromatic N) is 8. The van der Waals surface area contributed by atoms with Gasteiger partial charge in [0.2, 0.25) is 23.6 Å². The standard InChI is InChI=1S/C80H42N8O4S4/c1-7-19-65-57(13-1)81-73(89-65)49-29-45(30-50(37-49)74-82-58-14-2-8-20-66(58)90-74)46-31-51(75-83-59-15-3-9-21-67(59)91-75)38-52(32-46)76-84-64-41-43(26-28-68(64)92-76)44-25-27-63-72(42-44)96-80(88-63)56-36-48(35-55(40-56)79-87-62-18-6-12-24-71(62)95-79)47-33-53(77-85-60-16-4-10-22-69(60)93-77)39-54(34-47)78-86-61-17-5-11-23-70(61)94-78/h1-42H. The van der Waals surface area contributed by atoms with Crippen molar-refractivity contribution in [2.45, 2.75) is 0 Å². The first-order valence-electron chi connectivity index (χ1n) is 31.0. The molecule has 0 bridgehead atoms. The lowest BCUT2D eigenvalue weighted by Gasteiger charge is -2.11. The summed E-state index contributed by atoms with van der Waals surface area (Å²) in [5, 5.41) is 3.74. The molecule has 0 aliphatic rings. The molecule has 0 aliphatic carbocycles. The Kier molecular flexibility index (Phi) is 12.4. The normalized spacial score (nSPS) is 12.0. The van der Waals surface area contributed by atoms with Crippen LogP contribution in [0.25, 0.3) is 207 Å². The Labute approximate surface area is 560 Å². The summed E-state index contributed by atoms with van der Waals surface area (Å²) in [7, 11) is 0. The van der Waals surface area contributed by atoms with Crippen molar-refractivity contribution in [3.05, 3.63) is 255 Å². The fourth-order valence-electron chi connectivity index (χ4n) is 12.6. The second-order valence-electron chi connectivity index (χ2n) is 23.5. The highest BCUT2D eigenvalue weighted by molar-refractivity contribution is 7.23. The predicted molar refractivity (Wildman–Crippen MR) is 389 cm³/mol. The van der Waals surface area contributed by atoms with Gasteiger partial charge in [-0.05, 0) is 203 Å². The van der Waals surface area contributed by atoms with Gasteiger partial charge in [0, 0.05) is 44.5 Å². The number of oxazole rings is 4. The number of hydrogen-bond acceptors (Lipinski definition) is 16. The third-order valence-electron chi connectivity index (χ3n) is 17.2. The first-order valence-corrected chi connectivity index (χ1v) is 34.2. The van der Waals surface area contributed by atoms with E-state index < -0.39 is 0 Å². The number of hydrogen-bond donors (Lipinski definition) is 0. The van der Waals surface area contributed by atoms with E-state index in [0.29, 0.717) is 51.4 Å². The molecule has 0 saturated carbocycles. The molecule has 0 N–H and O–H groups in total. The van der Waals surface area contributed by atoms with Gasteiger partial charge in [-0.2, -0.15) is 0 Å². The van der Waals surface area contributed by atoms with Crippen LogP contribution in [0.4, 0.5) is 0 Å². The van der Waals surface area contributed by atoms with E-state index in [1.807, 2.05) is 109 Å². The Hall–Kier alpha value is -11.9. The highest BCUT2D eigenvalue weighted by Crippen LogP contribution is 2.45. The van der Waals surface area contributed by atoms with Gasteiger partial charge in [0.25, 0.3) is 0 Å². The molecule has 0 spiro atoms. The third-order valence-corrected chi connectivity index (χ3v) is 21.6. The lowest BCUT2D eigenvalue weighted by atomic mass is 9.96. The van der Waals surface area contributed by atoms with Crippen molar-refractivity contribution >= 4 is 131 Å². The molecule has 0 saturated heterocycles. The smallest absolute Gasteiger partial charge is 0.227 e. The summed E-state index contributed by atoms with van der Waals surface area (Å²) >= 11 is 6.77. The molecular formula is C80H42N8O4S4. The molecule has 12 aromatic carbocycles. The van der Waals surface area contributed by atoms with E-state index in [0.717, 1.165) is 155 Å². The van der Waals surface area contributed by atoms with Gasteiger partial charge in [-0.3, -0.25) is 0 Å². The van der Waals surface area contributed by atoms with Crippen LogP contribution in [-0.4, -0.2) is 39.9 Å². The van der Waals surface area contributed by atoms with Gasteiger partial charge in [-0.15, -0.1) is 45.3 Å². The first kappa shape index (κ1) is 54.6. The van der Waals surface area contributed by atoms with E-state index in [2.05, 4.69) is 146 Å². The molecule has 0 amide bonds. The van der Waals surface area contributed by atoms with Crippen LogP contribution in [0.2, 0.25) is 0 Å². The van der Waals surface area contributed by atoms with Crippen LogP contribution in [0.1, 0.15) is 0 Å². The van der Waals surface area contributed by atoms with E-state index >= 15 is 0 Å². The van der Waals surface area contributed by atoms with E-state index in [4.69, 9.17) is 57.5 Å². The van der Waals surface area contributed by atoms with Gasteiger partial charge in [-0.25, -0.2) is 39.9 Å². The number of rotatable bonds is 11. The van der Waals surface area contributed by atoms with E-state index in [9.17, 15) is 0 Å². The SMILES string of the molecule is c1ccc2oc(-c3cc(-c4cc(-c5nc6ccccc6o5)cc(-c5nc6cc(-c7ccc8nc(-c9cc(-c%10cc(-c%11nc%12ccccc%12s%11)cc(-c%11nc%12ccccc%12s%11)c%10)cc(-c%10nc%11ccccc%11s%10)c9)sc8c7)ccc6o5)c4)cc(-c4nc5ccccc5o4)c3)nc2c1. The van der Waals surface area contributed by atoms with Crippen molar-refractivity contribution in [3.8, 4) is 121 Å². The Morgan fingerprint density at radius 2 is 0.448 bits per heavy atom. The summed E-state index contributed by atoms with van der Waals surface area (Å²) < 4.78 is 30.4. The van der Waals surface area contributed by atoms with Gasteiger partial charge < -0.3 is 17.7 Å². The maximum absolute atomic E-state index is 6.72. The summed E-state index contributed by atoms with van der Waals surface area (Å²) in [6.45, 7) is 0. The Bertz CT molecular complexity index is 5760. The topological polar surface area (TPSA) is 156 Å². The molecule has 20 aromatic rings. The molecule has 0 fully saturated rings. The number of fused-ring (bicyclic) bond motifs is 8. The number of aromatic nitrogens is 8. The van der Waals surface area contributed by atoms with Crippen molar-refractivity contribution < 1.29 is 17.7 Å². The van der Waals surface area contributed by atoms with Gasteiger partial charge >= 0.3 is 0 Å². The van der Waals surface area contributed by atoms with Crippen LogP contribution in [-0.2, 0) is 0 Å². The largest absolute Gasteiger partial charge is 0.436 e. The number of thiazole rings is 4. The zero-order chi connectivity index (χ0) is 63.0. The van der Waals surface area contributed by atoms with Crippen molar-refractivity contribution in [2.24, 2.45) is 0 Å². The minimum absolute atomic E-state index is 0.432. The van der Waals surface area contributed by atoms with E-state index in [-0.39, 0.29) is 0 Å².